The van der Waals surface area contributed by atoms with Crippen molar-refractivity contribution in [3.8, 4) is 6.07 Å². The molecular formula is C12H12N2O3. The summed E-state index contributed by atoms with van der Waals surface area (Å²) in [5.74, 6) is -0.976. The summed E-state index contributed by atoms with van der Waals surface area (Å²) in [6.07, 6.45) is 0. The van der Waals surface area contributed by atoms with Gasteiger partial charge in [0.25, 0.3) is 0 Å². The molecule has 2 rings (SSSR count). The first-order valence-electron chi connectivity index (χ1n) is 5.32. The number of hydrogen-bond acceptors (Lipinski definition) is 4. The maximum absolute atomic E-state index is 11.1. The zero-order valence-electron chi connectivity index (χ0n) is 9.22. The predicted octanol–water partition coefficient (Wildman–Crippen LogP) is 1.09. The average Bonchev–Trinajstić information content (AvgIpc) is 2.39. The number of anilines is 1. The molecule has 5 heteroatoms. The Bertz CT molecular complexity index is 473. The van der Waals surface area contributed by atoms with E-state index in [1.54, 1.807) is 6.07 Å². The number of hydrogen-bond donors (Lipinski definition) is 1. The second-order valence-corrected chi connectivity index (χ2v) is 3.75. The SMILES string of the molecule is N#Cc1ccc(C(=O)O)c(N2CCOCC2)c1. The number of aromatic carboxylic acids is 1. The molecule has 17 heavy (non-hydrogen) atoms. The number of morpholine rings is 1. The van der Waals surface area contributed by atoms with Crippen LogP contribution in [0.4, 0.5) is 5.69 Å². The molecule has 0 spiro atoms. The number of nitrogens with zero attached hydrogens (tertiary/aromatic N) is 2. The highest BCUT2D eigenvalue weighted by Crippen LogP contribution is 2.23. The summed E-state index contributed by atoms with van der Waals surface area (Å²) in [6.45, 7) is 2.45. The minimum atomic E-state index is -0.976. The molecule has 1 aliphatic heterocycles. The largest absolute Gasteiger partial charge is 0.478 e. The van der Waals surface area contributed by atoms with E-state index in [-0.39, 0.29) is 5.56 Å². The maximum Gasteiger partial charge on any atom is 0.337 e. The molecule has 0 saturated carbocycles. The Morgan fingerprint density at radius 1 is 1.41 bits per heavy atom. The van der Waals surface area contributed by atoms with E-state index in [2.05, 4.69) is 0 Å². The topological polar surface area (TPSA) is 73.6 Å². The number of rotatable bonds is 2. The molecule has 0 aliphatic carbocycles. The number of benzene rings is 1. The van der Waals surface area contributed by atoms with Crippen LogP contribution in [-0.2, 0) is 4.74 Å². The van der Waals surface area contributed by atoms with Gasteiger partial charge in [-0.25, -0.2) is 4.79 Å². The average molecular weight is 232 g/mol. The quantitative estimate of drug-likeness (QED) is 0.826. The lowest BCUT2D eigenvalue weighted by Gasteiger charge is -2.30. The summed E-state index contributed by atoms with van der Waals surface area (Å²) in [4.78, 5) is 13.1. The first-order valence-corrected chi connectivity index (χ1v) is 5.32. The van der Waals surface area contributed by atoms with Crippen molar-refractivity contribution in [3.05, 3.63) is 29.3 Å². The van der Waals surface area contributed by atoms with Gasteiger partial charge in [-0.1, -0.05) is 0 Å². The van der Waals surface area contributed by atoms with Crippen molar-refractivity contribution in [2.24, 2.45) is 0 Å². The van der Waals surface area contributed by atoms with Crippen molar-refractivity contribution >= 4 is 11.7 Å². The molecule has 1 aromatic rings. The van der Waals surface area contributed by atoms with E-state index in [9.17, 15) is 4.79 Å². The van der Waals surface area contributed by atoms with Gasteiger partial charge in [0.15, 0.2) is 0 Å². The van der Waals surface area contributed by atoms with Gasteiger partial charge in [0.05, 0.1) is 36.1 Å². The minimum absolute atomic E-state index is 0.228. The summed E-state index contributed by atoms with van der Waals surface area (Å²) < 4.78 is 5.22. The van der Waals surface area contributed by atoms with Crippen molar-refractivity contribution in [2.45, 2.75) is 0 Å². The number of nitriles is 1. The molecule has 1 aliphatic rings. The van der Waals surface area contributed by atoms with Gasteiger partial charge in [0.1, 0.15) is 0 Å². The van der Waals surface area contributed by atoms with Crippen LogP contribution in [0.25, 0.3) is 0 Å². The molecule has 0 bridgehead atoms. The molecule has 1 aromatic carbocycles. The van der Waals surface area contributed by atoms with Crippen LogP contribution in [0.15, 0.2) is 18.2 Å². The van der Waals surface area contributed by atoms with E-state index in [0.717, 1.165) is 0 Å². The molecule has 88 valence electrons. The Labute approximate surface area is 98.8 Å². The molecule has 1 heterocycles. The zero-order chi connectivity index (χ0) is 12.3. The normalized spacial score (nSPS) is 15.4. The zero-order valence-corrected chi connectivity index (χ0v) is 9.22. The second kappa shape index (κ2) is 4.85. The third kappa shape index (κ3) is 2.37. The lowest BCUT2D eigenvalue weighted by Crippen LogP contribution is -2.37. The summed E-state index contributed by atoms with van der Waals surface area (Å²) in [5.41, 5.74) is 1.29. The van der Waals surface area contributed by atoms with Crippen LogP contribution >= 0.6 is 0 Å². The van der Waals surface area contributed by atoms with Gasteiger partial charge < -0.3 is 14.7 Å². The predicted molar refractivity (Wildman–Crippen MR) is 61.1 cm³/mol. The van der Waals surface area contributed by atoms with E-state index in [4.69, 9.17) is 15.1 Å². The smallest absolute Gasteiger partial charge is 0.337 e. The summed E-state index contributed by atoms with van der Waals surface area (Å²) >= 11 is 0. The van der Waals surface area contributed by atoms with Crippen LogP contribution in [0.2, 0.25) is 0 Å². The van der Waals surface area contributed by atoms with Gasteiger partial charge >= 0.3 is 5.97 Å². The van der Waals surface area contributed by atoms with Crippen LogP contribution < -0.4 is 4.90 Å². The highest BCUT2D eigenvalue weighted by molar-refractivity contribution is 5.94. The molecule has 0 unspecified atom stereocenters. The van der Waals surface area contributed by atoms with Crippen LogP contribution in [0.3, 0.4) is 0 Å². The summed E-state index contributed by atoms with van der Waals surface area (Å²) in [6, 6.07) is 6.64. The maximum atomic E-state index is 11.1. The van der Waals surface area contributed by atoms with E-state index in [0.29, 0.717) is 37.6 Å². The lowest BCUT2D eigenvalue weighted by atomic mass is 10.1. The Balaban J connectivity index is 2.41. The fourth-order valence-corrected chi connectivity index (χ4v) is 1.85. The number of ether oxygens (including phenoxy) is 1. The molecule has 0 radical (unpaired) electrons. The van der Waals surface area contributed by atoms with Gasteiger partial charge in [-0.2, -0.15) is 5.26 Å². The number of carboxylic acid groups (broad SMARTS) is 1. The highest BCUT2D eigenvalue weighted by Gasteiger charge is 2.18. The summed E-state index contributed by atoms with van der Waals surface area (Å²) in [7, 11) is 0. The molecule has 0 amide bonds. The van der Waals surface area contributed by atoms with Gasteiger partial charge in [-0.15, -0.1) is 0 Å². The van der Waals surface area contributed by atoms with Crippen molar-refractivity contribution in [1.29, 1.82) is 5.26 Å². The molecule has 1 N–H and O–H groups in total. The highest BCUT2D eigenvalue weighted by atomic mass is 16.5. The number of carboxylic acids is 1. The minimum Gasteiger partial charge on any atom is -0.478 e. The van der Waals surface area contributed by atoms with E-state index < -0.39 is 5.97 Å². The number of carbonyl (C=O) groups is 1. The van der Waals surface area contributed by atoms with Crippen molar-refractivity contribution in [1.82, 2.24) is 0 Å². The van der Waals surface area contributed by atoms with Crippen LogP contribution in [0.5, 0.6) is 0 Å². The fourth-order valence-electron chi connectivity index (χ4n) is 1.85. The first kappa shape index (κ1) is 11.4. The molecule has 1 saturated heterocycles. The molecule has 1 fully saturated rings. The third-order valence-corrected chi connectivity index (χ3v) is 2.71. The van der Waals surface area contributed by atoms with Gasteiger partial charge in [0, 0.05) is 13.1 Å². The third-order valence-electron chi connectivity index (χ3n) is 2.71. The Hall–Kier alpha value is -2.06. The summed E-state index contributed by atoms with van der Waals surface area (Å²) in [5, 5.41) is 18.0. The van der Waals surface area contributed by atoms with Crippen molar-refractivity contribution in [2.75, 3.05) is 31.2 Å². The second-order valence-electron chi connectivity index (χ2n) is 3.75. The van der Waals surface area contributed by atoms with Gasteiger partial charge in [-0.3, -0.25) is 0 Å². The van der Waals surface area contributed by atoms with E-state index >= 15 is 0 Å². The van der Waals surface area contributed by atoms with Gasteiger partial charge in [-0.05, 0) is 18.2 Å². The van der Waals surface area contributed by atoms with Gasteiger partial charge in [0.2, 0.25) is 0 Å². The fraction of sp³-hybridized carbons (Fsp3) is 0.333. The van der Waals surface area contributed by atoms with E-state index in [1.807, 2.05) is 11.0 Å². The van der Waals surface area contributed by atoms with Crippen LogP contribution in [-0.4, -0.2) is 37.4 Å². The standard InChI is InChI=1S/C12H12N2O3/c13-8-9-1-2-10(12(15)16)11(7-9)14-3-5-17-6-4-14/h1-2,7H,3-6H2,(H,15,16). The lowest BCUT2D eigenvalue weighted by molar-refractivity contribution is 0.0696. The monoisotopic (exact) mass is 232 g/mol. The Morgan fingerprint density at radius 2 is 2.12 bits per heavy atom. The van der Waals surface area contributed by atoms with Crippen molar-refractivity contribution in [3.63, 3.8) is 0 Å². The molecule has 5 nitrogen and oxygen atoms in total. The van der Waals surface area contributed by atoms with Crippen LogP contribution in [0, 0.1) is 11.3 Å². The molecule has 0 aromatic heterocycles. The van der Waals surface area contributed by atoms with Crippen LogP contribution in [0.1, 0.15) is 15.9 Å². The first-order chi connectivity index (χ1) is 8.22. The Morgan fingerprint density at radius 3 is 2.71 bits per heavy atom. The van der Waals surface area contributed by atoms with E-state index in [1.165, 1.54) is 12.1 Å². The van der Waals surface area contributed by atoms with Crippen molar-refractivity contribution < 1.29 is 14.6 Å². The molecule has 0 atom stereocenters. The molecular weight excluding hydrogens is 220 g/mol. The Kier molecular flexibility index (Phi) is 3.26.